The van der Waals surface area contributed by atoms with Gasteiger partial charge in [0.25, 0.3) is 0 Å². The first-order chi connectivity index (χ1) is 8.60. The van der Waals surface area contributed by atoms with Crippen molar-refractivity contribution in [3.05, 3.63) is 35.4 Å². The summed E-state index contributed by atoms with van der Waals surface area (Å²) in [6.07, 6.45) is 2.64. The maximum absolute atomic E-state index is 6.19. The third kappa shape index (κ3) is 3.12. The molecule has 2 rings (SSSR count). The quantitative estimate of drug-likeness (QED) is 0.864. The standard InChI is InChI=1S/C16H25NO/c1-5-14-6-8-15(9-7-14)16-13(4)17-11(2)10-12(3)18-16/h6-9,11-13,16-17H,5,10H2,1-4H3. The molecule has 2 heteroatoms. The molecule has 100 valence electrons. The van der Waals surface area contributed by atoms with Crippen LogP contribution in [0.25, 0.3) is 0 Å². The Bertz CT molecular complexity index is 373. The molecule has 1 aliphatic rings. The Morgan fingerprint density at radius 2 is 1.83 bits per heavy atom. The highest BCUT2D eigenvalue weighted by Gasteiger charge is 2.27. The van der Waals surface area contributed by atoms with Gasteiger partial charge < -0.3 is 10.1 Å². The molecular weight excluding hydrogens is 222 g/mol. The van der Waals surface area contributed by atoms with Crippen LogP contribution in [0.15, 0.2) is 24.3 Å². The second-order valence-corrected chi connectivity index (χ2v) is 5.55. The van der Waals surface area contributed by atoms with Crippen molar-refractivity contribution in [2.24, 2.45) is 0 Å². The largest absolute Gasteiger partial charge is 0.369 e. The summed E-state index contributed by atoms with van der Waals surface area (Å²) in [6.45, 7) is 8.81. The molecule has 0 aliphatic carbocycles. The van der Waals surface area contributed by atoms with Crippen LogP contribution >= 0.6 is 0 Å². The van der Waals surface area contributed by atoms with Crippen LogP contribution in [-0.2, 0) is 11.2 Å². The summed E-state index contributed by atoms with van der Waals surface area (Å²) in [5, 5.41) is 3.62. The fourth-order valence-electron chi connectivity index (χ4n) is 2.84. The average molecular weight is 247 g/mol. The van der Waals surface area contributed by atoms with E-state index in [-0.39, 0.29) is 6.10 Å². The summed E-state index contributed by atoms with van der Waals surface area (Å²) in [6, 6.07) is 9.73. The molecule has 0 bridgehead atoms. The highest BCUT2D eigenvalue weighted by molar-refractivity contribution is 5.25. The maximum atomic E-state index is 6.19. The monoisotopic (exact) mass is 247 g/mol. The van der Waals surface area contributed by atoms with Crippen molar-refractivity contribution in [2.45, 2.75) is 64.8 Å². The molecule has 1 aliphatic heterocycles. The minimum absolute atomic E-state index is 0.163. The van der Waals surface area contributed by atoms with Crippen LogP contribution < -0.4 is 5.32 Å². The molecule has 1 heterocycles. The molecule has 1 saturated heterocycles. The molecule has 0 saturated carbocycles. The summed E-state index contributed by atoms with van der Waals surface area (Å²) < 4.78 is 6.19. The molecule has 0 spiro atoms. The Kier molecular flexibility index (Phi) is 4.41. The lowest BCUT2D eigenvalue weighted by Gasteiger charge is -2.25. The minimum Gasteiger partial charge on any atom is -0.369 e. The fourth-order valence-corrected chi connectivity index (χ4v) is 2.84. The van der Waals surface area contributed by atoms with Crippen molar-refractivity contribution < 1.29 is 4.74 Å². The summed E-state index contributed by atoms with van der Waals surface area (Å²) in [7, 11) is 0. The van der Waals surface area contributed by atoms with Crippen molar-refractivity contribution in [1.29, 1.82) is 0 Å². The highest BCUT2D eigenvalue weighted by Crippen LogP contribution is 2.27. The number of hydrogen-bond donors (Lipinski definition) is 1. The Balaban J connectivity index is 2.18. The van der Waals surface area contributed by atoms with E-state index in [1.165, 1.54) is 11.1 Å². The van der Waals surface area contributed by atoms with E-state index in [1.54, 1.807) is 0 Å². The van der Waals surface area contributed by atoms with E-state index >= 15 is 0 Å². The first-order valence-electron chi connectivity index (χ1n) is 7.10. The lowest BCUT2D eigenvalue weighted by atomic mass is 10.0. The van der Waals surface area contributed by atoms with Gasteiger partial charge in [-0.15, -0.1) is 0 Å². The van der Waals surface area contributed by atoms with Crippen molar-refractivity contribution in [1.82, 2.24) is 5.32 Å². The Labute approximate surface area is 111 Å². The van der Waals surface area contributed by atoms with E-state index in [9.17, 15) is 0 Å². The van der Waals surface area contributed by atoms with E-state index in [1.807, 2.05) is 0 Å². The number of hydrogen-bond acceptors (Lipinski definition) is 2. The molecule has 0 amide bonds. The zero-order chi connectivity index (χ0) is 13.1. The van der Waals surface area contributed by atoms with Gasteiger partial charge in [-0.3, -0.25) is 0 Å². The number of rotatable bonds is 2. The van der Waals surface area contributed by atoms with E-state index in [0.717, 1.165) is 12.8 Å². The normalized spacial score (nSPS) is 33.1. The molecular formula is C16H25NO. The molecule has 1 N–H and O–H groups in total. The molecule has 2 nitrogen and oxygen atoms in total. The van der Waals surface area contributed by atoms with Gasteiger partial charge in [0.1, 0.15) is 0 Å². The minimum atomic E-state index is 0.163. The number of benzene rings is 1. The van der Waals surface area contributed by atoms with Crippen LogP contribution in [0.3, 0.4) is 0 Å². The summed E-state index contributed by atoms with van der Waals surface area (Å²) in [5.41, 5.74) is 2.67. The summed E-state index contributed by atoms with van der Waals surface area (Å²) in [5.74, 6) is 0. The van der Waals surface area contributed by atoms with Gasteiger partial charge in [-0.05, 0) is 44.7 Å². The summed E-state index contributed by atoms with van der Waals surface area (Å²) in [4.78, 5) is 0. The van der Waals surface area contributed by atoms with Crippen molar-refractivity contribution in [2.75, 3.05) is 0 Å². The van der Waals surface area contributed by atoms with Crippen LogP contribution in [0.2, 0.25) is 0 Å². The predicted molar refractivity (Wildman–Crippen MR) is 75.8 cm³/mol. The smallest absolute Gasteiger partial charge is 0.0978 e. The molecule has 1 aromatic rings. The van der Waals surface area contributed by atoms with Gasteiger partial charge in [-0.1, -0.05) is 31.2 Å². The lowest BCUT2D eigenvalue weighted by molar-refractivity contribution is -0.00782. The van der Waals surface area contributed by atoms with Crippen LogP contribution in [0.5, 0.6) is 0 Å². The zero-order valence-electron chi connectivity index (χ0n) is 11.9. The van der Waals surface area contributed by atoms with Crippen LogP contribution in [0.1, 0.15) is 51.3 Å². The summed E-state index contributed by atoms with van der Waals surface area (Å²) >= 11 is 0. The van der Waals surface area contributed by atoms with Gasteiger partial charge in [0, 0.05) is 12.1 Å². The van der Waals surface area contributed by atoms with Gasteiger partial charge in [-0.2, -0.15) is 0 Å². The molecule has 4 atom stereocenters. The average Bonchev–Trinajstić information content (AvgIpc) is 2.47. The third-order valence-corrected chi connectivity index (χ3v) is 3.78. The van der Waals surface area contributed by atoms with Gasteiger partial charge >= 0.3 is 0 Å². The van der Waals surface area contributed by atoms with Crippen molar-refractivity contribution in [3.63, 3.8) is 0 Å². The Morgan fingerprint density at radius 3 is 2.44 bits per heavy atom. The maximum Gasteiger partial charge on any atom is 0.0978 e. The Hall–Kier alpha value is -0.860. The zero-order valence-corrected chi connectivity index (χ0v) is 11.9. The van der Waals surface area contributed by atoms with E-state index in [2.05, 4.69) is 57.3 Å². The van der Waals surface area contributed by atoms with Gasteiger partial charge in [0.2, 0.25) is 0 Å². The van der Waals surface area contributed by atoms with E-state index < -0.39 is 0 Å². The molecule has 1 fully saturated rings. The topological polar surface area (TPSA) is 21.3 Å². The lowest BCUT2D eigenvalue weighted by Crippen LogP contribution is -2.36. The second-order valence-electron chi connectivity index (χ2n) is 5.55. The molecule has 0 radical (unpaired) electrons. The SMILES string of the molecule is CCc1ccc(C2OC(C)CC(C)NC2C)cc1. The van der Waals surface area contributed by atoms with Crippen molar-refractivity contribution >= 4 is 0 Å². The first-order valence-corrected chi connectivity index (χ1v) is 7.10. The van der Waals surface area contributed by atoms with E-state index in [4.69, 9.17) is 4.74 Å². The van der Waals surface area contributed by atoms with Crippen LogP contribution in [-0.4, -0.2) is 18.2 Å². The molecule has 18 heavy (non-hydrogen) atoms. The van der Waals surface area contributed by atoms with Gasteiger partial charge in [0.15, 0.2) is 0 Å². The third-order valence-electron chi connectivity index (χ3n) is 3.78. The molecule has 4 unspecified atom stereocenters. The van der Waals surface area contributed by atoms with E-state index in [0.29, 0.717) is 18.2 Å². The van der Waals surface area contributed by atoms with Gasteiger partial charge in [-0.25, -0.2) is 0 Å². The fraction of sp³-hybridized carbons (Fsp3) is 0.625. The molecule has 0 aromatic heterocycles. The second kappa shape index (κ2) is 5.85. The highest BCUT2D eigenvalue weighted by atomic mass is 16.5. The predicted octanol–water partition coefficient (Wildman–Crippen LogP) is 3.47. The first kappa shape index (κ1) is 13.6. The van der Waals surface area contributed by atoms with Crippen LogP contribution in [0.4, 0.5) is 0 Å². The number of aryl methyl sites for hydroxylation is 1. The van der Waals surface area contributed by atoms with Gasteiger partial charge in [0.05, 0.1) is 12.2 Å². The Morgan fingerprint density at radius 1 is 1.17 bits per heavy atom. The number of nitrogens with one attached hydrogen (secondary N) is 1. The van der Waals surface area contributed by atoms with Crippen LogP contribution in [0, 0.1) is 0 Å². The van der Waals surface area contributed by atoms with Crippen molar-refractivity contribution in [3.8, 4) is 0 Å². The number of ether oxygens (including phenoxy) is 1. The molecule has 1 aromatic carbocycles.